The molecule has 31 heavy (non-hydrogen) atoms. The van der Waals surface area contributed by atoms with Crippen LogP contribution in [0, 0.1) is 23.1 Å². The normalized spacial score (nSPS) is 36.5. The van der Waals surface area contributed by atoms with E-state index in [1.807, 2.05) is 11.0 Å². The van der Waals surface area contributed by atoms with Crippen LogP contribution in [0.4, 0.5) is 4.39 Å². The highest BCUT2D eigenvalue weighted by molar-refractivity contribution is 5.87. The lowest BCUT2D eigenvalue weighted by atomic mass is 10.1. The molecule has 2 bridgehead atoms. The van der Waals surface area contributed by atoms with Gasteiger partial charge >= 0.3 is 0 Å². The molecule has 0 spiro atoms. The zero-order valence-electron chi connectivity index (χ0n) is 17.3. The van der Waals surface area contributed by atoms with Crippen molar-refractivity contribution >= 4 is 11.8 Å². The number of rotatable bonds is 4. The molecule has 3 aliphatic heterocycles. The Morgan fingerprint density at radius 3 is 2.90 bits per heavy atom. The van der Waals surface area contributed by atoms with Crippen LogP contribution in [-0.2, 0) is 16.0 Å². The molecule has 162 valence electrons. The average Bonchev–Trinajstić information content (AvgIpc) is 3.08. The van der Waals surface area contributed by atoms with Gasteiger partial charge in [-0.2, -0.15) is 5.26 Å². The van der Waals surface area contributed by atoms with Crippen LogP contribution < -0.4 is 5.73 Å². The van der Waals surface area contributed by atoms with E-state index in [-0.39, 0.29) is 47.8 Å². The fourth-order valence-electron chi connectivity index (χ4n) is 6.56. The molecule has 2 N–H and O–H groups in total. The maximum absolute atomic E-state index is 13.6. The van der Waals surface area contributed by atoms with Gasteiger partial charge in [0, 0.05) is 25.2 Å². The number of carbonyl (C=O) groups excluding carboxylic acids is 2. The molecule has 2 amide bonds. The zero-order chi connectivity index (χ0) is 21.4. The van der Waals surface area contributed by atoms with Gasteiger partial charge in [-0.1, -0.05) is 6.07 Å². The molecule has 0 aromatic heterocycles. The summed E-state index contributed by atoms with van der Waals surface area (Å²) in [4.78, 5) is 31.9. The van der Waals surface area contributed by atoms with E-state index in [0.717, 1.165) is 43.2 Å². The molecule has 1 aromatic rings. The number of aryl methyl sites for hydroxylation is 1. The van der Waals surface area contributed by atoms with Gasteiger partial charge in [-0.3, -0.25) is 14.5 Å². The van der Waals surface area contributed by atoms with E-state index < -0.39 is 6.04 Å². The minimum Gasteiger partial charge on any atom is -0.330 e. The predicted molar refractivity (Wildman–Crippen MR) is 109 cm³/mol. The number of likely N-dealkylation sites (tertiary alicyclic amines) is 3. The third-order valence-electron chi connectivity index (χ3n) is 8.06. The van der Waals surface area contributed by atoms with Crippen molar-refractivity contribution in [2.75, 3.05) is 13.1 Å². The summed E-state index contributed by atoms with van der Waals surface area (Å²) in [7, 11) is 0. The molecule has 2 aliphatic carbocycles. The second kappa shape index (κ2) is 6.75. The van der Waals surface area contributed by atoms with Crippen LogP contribution in [0.25, 0.3) is 0 Å². The minimum absolute atomic E-state index is 0.0170. The number of nitriles is 1. The number of piperazine rings is 1. The molecule has 7 atom stereocenters. The SMILES string of the molecule is N#C[C@@H]1CC2C[C@@H]2N1C(=O)[C@@H](N)CN1C[C@@H]2C[C@H]1C(=O)N2[C@@H]1CCc2cc(F)ccc21. The van der Waals surface area contributed by atoms with Gasteiger partial charge in [-0.15, -0.1) is 0 Å². The number of halogens is 1. The Balaban J connectivity index is 1.13. The highest BCUT2D eigenvalue weighted by atomic mass is 19.1. The largest absolute Gasteiger partial charge is 0.330 e. The summed E-state index contributed by atoms with van der Waals surface area (Å²) >= 11 is 0. The van der Waals surface area contributed by atoms with E-state index in [1.54, 1.807) is 11.0 Å². The first-order valence-corrected chi connectivity index (χ1v) is 11.3. The van der Waals surface area contributed by atoms with Gasteiger partial charge in [-0.05, 0) is 61.3 Å². The van der Waals surface area contributed by atoms with Gasteiger partial charge in [0.15, 0.2) is 0 Å². The van der Waals surface area contributed by atoms with E-state index in [2.05, 4.69) is 11.0 Å². The topological polar surface area (TPSA) is 93.7 Å². The molecular formula is C23H26FN5O2. The van der Waals surface area contributed by atoms with Crippen LogP contribution in [0.2, 0.25) is 0 Å². The molecule has 1 saturated carbocycles. The Labute approximate surface area is 180 Å². The molecule has 3 saturated heterocycles. The van der Waals surface area contributed by atoms with Gasteiger partial charge in [-0.25, -0.2) is 4.39 Å². The van der Waals surface area contributed by atoms with Crippen molar-refractivity contribution in [3.63, 3.8) is 0 Å². The maximum atomic E-state index is 13.6. The number of amides is 2. The molecule has 3 heterocycles. The molecule has 6 rings (SSSR count). The first kappa shape index (κ1) is 19.2. The number of hydrogen-bond acceptors (Lipinski definition) is 5. The van der Waals surface area contributed by atoms with Gasteiger partial charge in [0.05, 0.1) is 24.2 Å². The number of hydrogen-bond donors (Lipinski definition) is 1. The third kappa shape index (κ3) is 2.83. The molecule has 4 fully saturated rings. The first-order valence-electron chi connectivity index (χ1n) is 11.3. The number of fused-ring (bicyclic) bond motifs is 4. The molecule has 1 aromatic carbocycles. The van der Waals surface area contributed by atoms with Gasteiger partial charge in [0.1, 0.15) is 11.9 Å². The van der Waals surface area contributed by atoms with Crippen molar-refractivity contribution in [1.82, 2.24) is 14.7 Å². The van der Waals surface area contributed by atoms with Crippen LogP contribution in [0.5, 0.6) is 0 Å². The van der Waals surface area contributed by atoms with E-state index in [9.17, 15) is 19.2 Å². The molecular weight excluding hydrogens is 397 g/mol. The van der Waals surface area contributed by atoms with Gasteiger partial charge in [0.25, 0.3) is 0 Å². The lowest BCUT2D eigenvalue weighted by molar-refractivity contribution is -0.141. The summed E-state index contributed by atoms with van der Waals surface area (Å²) in [5.41, 5.74) is 8.35. The molecule has 8 heteroatoms. The van der Waals surface area contributed by atoms with Crippen molar-refractivity contribution in [2.24, 2.45) is 11.7 Å². The first-order chi connectivity index (χ1) is 15.0. The number of nitrogens with zero attached hydrogens (tertiary/aromatic N) is 4. The summed E-state index contributed by atoms with van der Waals surface area (Å²) in [5, 5.41) is 9.36. The van der Waals surface area contributed by atoms with Crippen LogP contribution >= 0.6 is 0 Å². The highest BCUT2D eigenvalue weighted by Gasteiger charge is 2.56. The quantitative estimate of drug-likeness (QED) is 0.778. The van der Waals surface area contributed by atoms with Gasteiger partial charge in [0.2, 0.25) is 11.8 Å². The summed E-state index contributed by atoms with van der Waals surface area (Å²) in [6.07, 6.45) is 4.11. The summed E-state index contributed by atoms with van der Waals surface area (Å²) in [6.45, 7) is 1.05. The third-order valence-corrected chi connectivity index (χ3v) is 8.06. The number of piperidine rings is 1. The van der Waals surface area contributed by atoms with Crippen molar-refractivity contribution in [2.45, 2.75) is 68.4 Å². The Morgan fingerprint density at radius 1 is 1.29 bits per heavy atom. The molecule has 5 aliphatic rings. The van der Waals surface area contributed by atoms with Crippen LogP contribution in [0.15, 0.2) is 18.2 Å². The van der Waals surface area contributed by atoms with Gasteiger partial charge < -0.3 is 15.5 Å². The number of benzene rings is 1. The Hall–Kier alpha value is -2.50. The van der Waals surface area contributed by atoms with Crippen molar-refractivity contribution < 1.29 is 14.0 Å². The molecule has 0 radical (unpaired) electrons. The van der Waals surface area contributed by atoms with Crippen molar-refractivity contribution in [3.8, 4) is 6.07 Å². The Morgan fingerprint density at radius 2 is 2.13 bits per heavy atom. The second-order valence-corrected chi connectivity index (χ2v) is 9.80. The summed E-state index contributed by atoms with van der Waals surface area (Å²) in [5.74, 6) is 0.168. The predicted octanol–water partition coefficient (Wildman–Crippen LogP) is 0.938. The zero-order valence-corrected chi connectivity index (χ0v) is 17.3. The monoisotopic (exact) mass is 423 g/mol. The van der Waals surface area contributed by atoms with E-state index in [0.29, 0.717) is 19.0 Å². The fraction of sp³-hybridized carbons (Fsp3) is 0.609. The Kier molecular flexibility index (Phi) is 4.18. The van der Waals surface area contributed by atoms with Crippen LogP contribution in [0.3, 0.4) is 0 Å². The smallest absolute Gasteiger partial charge is 0.242 e. The lowest BCUT2D eigenvalue weighted by Gasteiger charge is -2.38. The minimum atomic E-state index is -0.717. The second-order valence-electron chi connectivity index (χ2n) is 9.80. The fourth-order valence-corrected chi connectivity index (χ4v) is 6.56. The summed E-state index contributed by atoms with van der Waals surface area (Å²) < 4.78 is 13.6. The molecule has 7 nitrogen and oxygen atoms in total. The lowest BCUT2D eigenvalue weighted by Crippen LogP contribution is -2.57. The number of nitrogens with two attached hydrogens (primary N) is 1. The Bertz CT molecular complexity index is 1010. The molecule has 1 unspecified atom stereocenters. The van der Waals surface area contributed by atoms with Crippen molar-refractivity contribution in [1.29, 1.82) is 5.26 Å². The van der Waals surface area contributed by atoms with E-state index >= 15 is 0 Å². The summed E-state index contributed by atoms with van der Waals surface area (Å²) in [6, 6.07) is 6.11. The van der Waals surface area contributed by atoms with Crippen LogP contribution in [0.1, 0.15) is 42.9 Å². The number of carbonyl (C=O) groups is 2. The van der Waals surface area contributed by atoms with Crippen LogP contribution in [-0.4, -0.2) is 69.8 Å². The average molecular weight is 423 g/mol. The van der Waals surface area contributed by atoms with Crippen molar-refractivity contribution in [3.05, 3.63) is 35.1 Å². The standard InChI is InChI=1S/C23H26FN5O2/c24-14-2-3-17-12(5-14)1-4-19(17)29-16-8-21(23(29)31)27(10-16)11-18(26)22(30)28-15(9-25)6-13-7-20(13)28/h2-3,5,13,15-16,18-21H,1,4,6-8,10-11,26H2/t13?,15-,16-,18-,19+,20-,21-/m0/s1. The van der Waals surface area contributed by atoms with E-state index in [1.165, 1.54) is 6.07 Å². The highest BCUT2D eigenvalue weighted by Crippen LogP contribution is 2.48. The van der Waals surface area contributed by atoms with E-state index in [4.69, 9.17) is 5.73 Å². The maximum Gasteiger partial charge on any atom is 0.242 e.